The number of rotatable bonds is 1. The van der Waals surface area contributed by atoms with Gasteiger partial charge in [-0.25, -0.2) is 9.50 Å². The van der Waals surface area contributed by atoms with Gasteiger partial charge >= 0.3 is 0 Å². The number of piperidine rings is 1. The third-order valence-corrected chi connectivity index (χ3v) is 3.23. The average Bonchev–Trinajstić information content (AvgIpc) is 2.76. The minimum absolute atomic E-state index is 0.480. The lowest BCUT2D eigenvalue weighted by Gasteiger charge is -2.19. The maximum atomic E-state index is 4.61. The summed E-state index contributed by atoms with van der Waals surface area (Å²) >= 11 is 0. The van der Waals surface area contributed by atoms with E-state index in [4.69, 9.17) is 0 Å². The fraction of sp³-hybridized carbons (Fsp3) is 0.500. The highest BCUT2D eigenvalue weighted by Crippen LogP contribution is 2.20. The van der Waals surface area contributed by atoms with Crippen LogP contribution in [0.1, 0.15) is 30.3 Å². The molecule has 0 aromatic carbocycles. The van der Waals surface area contributed by atoms with Gasteiger partial charge in [0, 0.05) is 18.2 Å². The Bertz CT molecular complexity index is 497. The van der Waals surface area contributed by atoms with E-state index in [1.807, 2.05) is 16.6 Å². The number of fused-ring (bicyclic) bond motifs is 1. The smallest absolute Gasteiger partial charge is 0.156 e. The Hall–Kier alpha value is -1.42. The minimum Gasteiger partial charge on any atom is -0.316 e. The van der Waals surface area contributed by atoms with E-state index in [-0.39, 0.29) is 0 Å². The van der Waals surface area contributed by atoms with Gasteiger partial charge in [-0.2, -0.15) is 5.10 Å². The van der Waals surface area contributed by atoms with Crippen molar-refractivity contribution in [2.45, 2.75) is 25.7 Å². The highest BCUT2D eigenvalue weighted by molar-refractivity contribution is 5.39. The summed E-state index contributed by atoms with van der Waals surface area (Å²) in [6.45, 7) is 4.20. The molecule has 3 rings (SSSR count). The number of aromatic nitrogens is 3. The molecular weight excluding hydrogens is 200 g/mol. The standard InChI is InChI=1S/C12H16N4/c1-9-4-2-6-11-14-12(15-16(9)11)10-5-3-7-13-8-10/h2,4,6,10,13H,3,5,7-8H2,1H3. The fourth-order valence-electron chi connectivity index (χ4n) is 2.30. The molecule has 1 aliphatic rings. The first-order chi connectivity index (χ1) is 7.84. The Balaban J connectivity index is 2.01. The van der Waals surface area contributed by atoms with Gasteiger partial charge in [-0.15, -0.1) is 0 Å². The van der Waals surface area contributed by atoms with Crippen molar-refractivity contribution in [1.29, 1.82) is 0 Å². The first-order valence-electron chi connectivity index (χ1n) is 5.87. The third-order valence-electron chi connectivity index (χ3n) is 3.23. The molecule has 16 heavy (non-hydrogen) atoms. The largest absolute Gasteiger partial charge is 0.316 e. The van der Waals surface area contributed by atoms with Gasteiger partial charge in [0.2, 0.25) is 0 Å². The number of nitrogens with one attached hydrogen (secondary N) is 1. The minimum atomic E-state index is 0.480. The molecule has 4 nitrogen and oxygen atoms in total. The van der Waals surface area contributed by atoms with Gasteiger partial charge in [-0.3, -0.25) is 0 Å². The van der Waals surface area contributed by atoms with Crippen LogP contribution in [0.4, 0.5) is 0 Å². The van der Waals surface area contributed by atoms with Crippen LogP contribution in [-0.2, 0) is 0 Å². The van der Waals surface area contributed by atoms with Gasteiger partial charge in [0.15, 0.2) is 11.5 Å². The Morgan fingerprint density at radius 3 is 3.12 bits per heavy atom. The molecule has 0 aliphatic carbocycles. The summed E-state index contributed by atoms with van der Waals surface area (Å²) in [5, 5.41) is 8.00. The SMILES string of the molecule is Cc1cccc2nc(C3CCCNC3)nn12. The highest BCUT2D eigenvalue weighted by Gasteiger charge is 2.19. The lowest BCUT2D eigenvalue weighted by molar-refractivity contribution is 0.446. The number of pyridine rings is 1. The molecule has 4 heteroatoms. The summed E-state index contributed by atoms with van der Waals surface area (Å²) in [7, 11) is 0. The lowest BCUT2D eigenvalue weighted by atomic mass is 9.99. The predicted octanol–water partition coefficient (Wildman–Crippen LogP) is 1.50. The van der Waals surface area contributed by atoms with Gasteiger partial charge in [0.1, 0.15) is 0 Å². The van der Waals surface area contributed by atoms with Gasteiger partial charge < -0.3 is 5.32 Å². The van der Waals surface area contributed by atoms with Gasteiger partial charge in [0.25, 0.3) is 0 Å². The van der Waals surface area contributed by atoms with E-state index in [0.29, 0.717) is 5.92 Å². The van der Waals surface area contributed by atoms with Crippen LogP contribution in [0.15, 0.2) is 18.2 Å². The van der Waals surface area contributed by atoms with E-state index in [1.54, 1.807) is 0 Å². The Morgan fingerprint density at radius 1 is 1.44 bits per heavy atom. The molecular formula is C12H16N4. The molecule has 0 saturated carbocycles. The summed E-state index contributed by atoms with van der Waals surface area (Å²) in [5.74, 6) is 1.47. The molecule has 2 aromatic heterocycles. The molecule has 1 aliphatic heterocycles. The summed E-state index contributed by atoms with van der Waals surface area (Å²) in [6.07, 6.45) is 2.42. The zero-order valence-electron chi connectivity index (χ0n) is 9.48. The lowest BCUT2D eigenvalue weighted by Crippen LogP contribution is -2.29. The number of hydrogen-bond acceptors (Lipinski definition) is 3. The molecule has 2 aromatic rings. The highest BCUT2D eigenvalue weighted by atomic mass is 15.3. The zero-order chi connectivity index (χ0) is 11.0. The maximum absolute atomic E-state index is 4.61. The number of hydrogen-bond donors (Lipinski definition) is 1. The summed E-state index contributed by atoms with van der Waals surface area (Å²) in [6, 6.07) is 6.10. The van der Waals surface area contributed by atoms with E-state index < -0.39 is 0 Å². The van der Waals surface area contributed by atoms with Crippen LogP contribution in [0.25, 0.3) is 5.65 Å². The molecule has 0 bridgehead atoms. The van der Waals surface area contributed by atoms with E-state index >= 15 is 0 Å². The van der Waals surface area contributed by atoms with Crippen LogP contribution in [-0.4, -0.2) is 27.7 Å². The van der Waals surface area contributed by atoms with Crippen LogP contribution < -0.4 is 5.32 Å². The van der Waals surface area contributed by atoms with Gasteiger partial charge in [0.05, 0.1) is 0 Å². The first kappa shape index (κ1) is 9.78. The molecule has 0 radical (unpaired) electrons. The van der Waals surface area contributed by atoms with E-state index in [0.717, 1.165) is 30.3 Å². The van der Waals surface area contributed by atoms with Crippen molar-refractivity contribution in [3.63, 3.8) is 0 Å². The van der Waals surface area contributed by atoms with Gasteiger partial charge in [-0.05, 0) is 38.4 Å². The quantitative estimate of drug-likeness (QED) is 0.785. The van der Waals surface area contributed by atoms with Crippen LogP contribution in [0.5, 0.6) is 0 Å². The van der Waals surface area contributed by atoms with Crippen molar-refractivity contribution in [2.75, 3.05) is 13.1 Å². The molecule has 1 N–H and O–H groups in total. The Morgan fingerprint density at radius 2 is 2.38 bits per heavy atom. The second-order valence-electron chi connectivity index (χ2n) is 4.45. The number of nitrogens with zero attached hydrogens (tertiary/aromatic N) is 3. The third kappa shape index (κ3) is 1.59. The first-order valence-corrected chi connectivity index (χ1v) is 5.87. The van der Waals surface area contributed by atoms with Crippen LogP contribution in [0.3, 0.4) is 0 Å². The van der Waals surface area contributed by atoms with Crippen molar-refractivity contribution in [2.24, 2.45) is 0 Å². The molecule has 84 valence electrons. The van der Waals surface area contributed by atoms with Gasteiger partial charge in [-0.1, -0.05) is 6.07 Å². The molecule has 0 spiro atoms. The van der Waals surface area contributed by atoms with Crippen molar-refractivity contribution < 1.29 is 0 Å². The molecule has 1 saturated heterocycles. The molecule has 1 unspecified atom stereocenters. The zero-order valence-corrected chi connectivity index (χ0v) is 9.48. The normalized spacial score (nSPS) is 21.4. The van der Waals surface area contributed by atoms with E-state index in [1.165, 1.54) is 12.8 Å². The maximum Gasteiger partial charge on any atom is 0.156 e. The van der Waals surface area contributed by atoms with E-state index in [2.05, 4.69) is 28.4 Å². The predicted molar refractivity (Wildman–Crippen MR) is 62.6 cm³/mol. The second kappa shape index (κ2) is 3.87. The topological polar surface area (TPSA) is 42.2 Å². The van der Waals surface area contributed by atoms with Crippen LogP contribution in [0.2, 0.25) is 0 Å². The Labute approximate surface area is 94.7 Å². The second-order valence-corrected chi connectivity index (χ2v) is 4.45. The molecule has 0 amide bonds. The van der Waals surface area contributed by atoms with Crippen molar-refractivity contribution >= 4 is 5.65 Å². The number of aryl methyl sites for hydroxylation is 1. The monoisotopic (exact) mass is 216 g/mol. The molecule has 3 heterocycles. The summed E-state index contributed by atoms with van der Waals surface area (Å²) in [4.78, 5) is 4.61. The van der Waals surface area contributed by atoms with Crippen molar-refractivity contribution in [3.05, 3.63) is 29.7 Å². The van der Waals surface area contributed by atoms with Crippen LogP contribution in [0, 0.1) is 6.92 Å². The van der Waals surface area contributed by atoms with Crippen molar-refractivity contribution in [3.8, 4) is 0 Å². The summed E-state index contributed by atoms with van der Waals surface area (Å²) < 4.78 is 1.93. The van der Waals surface area contributed by atoms with Crippen molar-refractivity contribution in [1.82, 2.24) is 19.9 Å². The fourth-order valence-corrected chi connectivity index (χ4v) is 2.30. The molecule has 1 fully saturated rings. The van der Waals surface area contributed by atoms with E-state index in [9.17, 15) is 0 Å². The van der Waals surface area contributed by atoms with Crippen LogP contribution >= 0.6 is 0 Å². The average molecular weight is 216 g/mol. The summed E-state index contributed by atoms with van der Waals surface area (Å²) in [5.41, 5.74) is 2.10. The Kier molecular flexibility index (Phi) is 2.36. The molecule has 1 atom stereocenters.